The first kappa shape index (κ1) is 24.2. The van der Waals surface area contributed by atoms with E-state index in [1.165, 1.54) is 29.4 Å². The molecule has 0 aliphatic carbocycles. The van der Waals surface area contributed by atoms with Crippen LogP contribution in [0.2, 0.25) is 0 Å². The highest BCUT2D eigenvalue weighted by molar-refractivity contribution is 7.12. The number of hydrogen-bond acceptors (Lipinski definition) is 8. The van der Waals surface area contributed by atoms with Crippen LogP contribution in [0.1, 0.15) is 26.8 Å². The Kier molecular flexibility index (Phi) is 6.97. The largest absolute Gasteiger partial charge is 0.504 e. The van der Waals surface area contributed by atoms with E-state index in [0.29, 0.717) is 28.4 Å². The van der Waals surface area contributed by atoms with Crippen molar-refractivity contribution < 1.29 is 34.0 Å². The minimum atomic E-state index is -0.855. The summed E-state index contributed by atoms with van der Waals surface area (Å²) in [6, 6.07) is 12.6. The van der Waals surface area contributed by atoms with Crippen molar-refractivity contribution in [1.82, 2.24) is 4.90 Å². The molecular weight excluding hydrogens is 470 g/mol. The average molecular weight is 496 g/mol. The molecule has 4 rings (SSSR count). The van der Waals surface area contributed by atoms with Gasteiger partial charge in [-0.3, -0.25) is 9.59 Å². The van der Waals surface area contributed by atoms with Crippen molar-refractivity contribution in [2.75, 3.05) is 27.9 Å². The van der Waals surface area contributed by atoms with Gasteiger partial charge in [0.1, 0.15) is 0 Å². The maximum absolute atomic E-state index is 13.3. The van der Waals surface area contributed by atoms with Gasteiger partial charge < -0.3 is 29.3 Å². The SMILES string of the molecule is COc1cc([C@H]2C(C(=O)c3cccs3)=C(O)C(=O)N2CCc2ccc(OC)c(OC)c2)ccc1O. The van der Waals surface area contributed by atoms with E-state index >= 15 is 0 Å². The van der Waals surface area contributed by atoms with Crippen LogP contribution in [0.4, 0.5) is 0 Å². The fraction of sp³-hybridized carbons (Fsp3) is 0.231. The molecule has 182 valence electrons. The van der Waals surface area contributed by atoms with Gasteiger partial charge in [-0.15, -0.1) is 11.3 Å². The van der Waals surface area contributed by atoms with Crippen molar-refractivity contribution in [3.63, 3.8) is 0 Å². The van der Waals surface area contributed by atoms with Crippen molar-refractivity contribution in [2.45, 2.75) is 12.5 Å². The third-order valence-electron chi connectivity index (χ3n) is 5.90. The minimum absolute atomic E-state index is 0.00231. The quantitative estimate of drug-likeness (QED) is 0.427. The molecule has 1 atom stereocenters. The van der Waals surface area contributed by atoms with Gasteiger partial charge in [-0.2, -0.15) is 0 Å². The highest BCUT2D eigenvalue weighted by Gasteiger charge is 2.44. The molecular formula is C26H25NO7S. The van der Waals surface area contributed by atoms with E-state index in [2.05, 4.69) is 0 Å². The molecule has 0 radical (unpaired) electrons. The lowest BCUT2D eigenvalue weighted by atomic mass is 9.95. The second-order valence-corrected chi connectivity index (χ2v) is 8.79. The van der Waals surface area contributed by atoms with Gasteiger partial charge in [0.05, 0.1) is 37.8 Å². The third-order valence-corrected chi connectivity index (χ3v) is 6.77. The van der Waals surface area contributed by atoms with Crippen LogP contribution in [0.25, 0.3) is 0 Å². The van der Waals surface area contributed by atoms with E-state index in [9.17, 15) is 19.8 Å². The number of Topliss-reactive ketones (excluding diaryl/α,β-unsaturated/α-hetero) is 1. The first-order valence-electron chi connectivity index (χ1n) is 10.8. The van der Waals surface area contributed by atoms with Gasteiger partial charge in [-0.1, -0.05) is 18.2 Å². The maximum Gasteiger partial charge on any atom is 0.290 e. The van der Waals surface area contributed by atoms with E-state index in [4.69, 9.17) is 14.2 Å². The van der Waals surface area contributed by atoms with E-state index in [1.807, 2.05) is 12.1 Å². The number of aliphatic hydroxyl groups is 1. The van der Waals surface area contributed by atoms with Gasteiger partial charge in [0, 0.05) is 6.54 Å². The number of hydrogen-bond donors (Lipinski definition) is 2. The molecule has 0 unspecified atom stereocenters. The van der Waals surface area contributed by atoms with Crippen LogP contribution < -0.4 is 14.2 Å². The third kappa shape index (κ3) is 4.54. The molecule has 3 aromatic rings. The van der Waals surface area contributed by atoms with Crippen LogP contribution in [-0.2, 0) is 11.2 Å². The van der Waals surface area contributed by atoms with Gasteiger partial charge in [-0.25, -0.2) is 0 Å². The molecule has 8 nitrogen and oxygen atoms in total. The summed E-state index contributed by atoms with van der Waals surface area (Å²) in [5, 5.41) is 22.6. The zero-order valence-corrected chi connectivity index (χ0v) is 20.3. The van der Waals surface area contributed by atoms with Gasteiger partial charge >= 0.3 is 0 Å². The van der Waals surface area contributed by atoms with Crippen LogP contribution in [0, 0.1) is 0 Å². The number of rotatable bonds is 9. The Morgan fingerprint density at radius 2 is 1.71 bits per heavy atom. The van der Waals surface area contributed by atoms with Gasteiger partial charge in [0.25, 0.3) is 5.91 Å². The number of nitrogens with zero attached hydrogens (tertiary/aromatic N) is 1. The number of ketones is 1. The number of phenolic OH excluding ortho intramolecular Hbond substituents is 1. The van der Waals surface area contributed by atoms with Crippen molar-refractivity contribution in [1.29, 1.82) is 0 Å². The molecule has 0 saturated carbocycles. The molecule has 35 heavy (non-hydrogen) atoms. The molecule has 0 spiro atoms. The van der Waals surface area contributed by atoms with Crippen molar-refractivity contribution in [2.24, 2.45) is 0 Å². The number of carbonyl (C=O) groups excluding carboxylic acids is 2. The van der Waals surface area contributed by atoms with E-state index in [-0.39, 0.29) is 23.6 Å². The Hall–Kier alpha value is -3.98. The second-order valence-electron chi connectivity index (χ2n) is 7.84. The van der Waals surface area contributed by atoms with E-state index in [0.717, 1.165) is 5.56 Å². The predicted octanol–water partition coefficient (Wildman–Crippen LogP) is 4.30. The molecule has 1 amide bonds. The fourth-order valence-electron chi connectivity index (χ4n) is 4.15. The summed E-state index contributed by atoms with van der Waals surface area (Å²) in [5.41, 5.74) is 1.41. The number of methoxy groups -OCH3 is 3. The number of amides is 1. The first-order valence-corrected chi connectivity index (χ1v) is 11.7. The lowest BCUT2D eigenvalue weighted by molar-refractivity contribution is -0.129. The molecule has 1 aliphatic heterocycles. The smallest absolute Gasteiger partial charge is 0.290 e. The first-order chi connectivity index (χ1) is 16.9. The Morgan fingerprint density at radius 1 is 0.971 bits per heavy atom. The molecule has 1 aromatic heterocycles. The number of benzene rings is 2. The van der Waals surface area contributed by atoms with Gasteiger partial charge in [0.2, 0.25) is 5.78 Å². The summed E-state index contributed by atoms with van der Waals surface area (Å²) in [7, 11) is 4.51. The number of aliphatic hydroxyl groups excluding tert-OH is 1. The topological polar surface area (TPSA) is 106 Å². The zero-order valence-electron chi connectivity index (χ0n) is 19.5. The lowest BCUT2D eigenvalue weighted by Crippen LogP contribution is -2.33. The maximum atomic E-state index is 13.3. The molecule has 2 aromatic carbocycles. The summed E-state index contributed by atoms with van der Waals surface area (Å²) in [5.74, 6) is -0.356. The van der Waals surface area contributed by atoms with E-state index in [1.54, 1.807) is 49.9 Å². The second kappa shape index (κ2) is 10.1. The summed E-state index contributed by atoms with van der Waals surface area (Å²) in [6.07, 6.45) is 0.436. The highest BCUT2D eigenvalue weighted by atomic mass is 32.1. The minimum Gasteiger partial charge on any atom is -0.504 e. The number of carbonyl (C=O) groups is 2. The fourth-order valence-corrected chi connectivity index (χ4v) is 4.83. The Bertz CT molecular complexity index is 1280. The number of thiophene rings is 1. The average Bonchev–Trinajstić information content (AvgIpc) is 3.50. The molecule has 9 heteroatoms. The molecule has 2 heterocycles. The van der Waals surface area contributed by atoms with Crippen molar-refractivity contribution >= 4 is 23.0 Å². The molecule has 0 fully saturated rings. The molecule has 0 saturated heterocycles. The highest BCUT2D eigenvalue weighted by Crippen LogP contribution is 2.42. The summed E-state index contributed by atoms with van der Waals surface area (Å²) < 4.78 is 15.9. The summed E-state index contributed by atoms with van der Waals surface area (Å²) in [4.78, 5) is 28.4. The standard InChI is InChI=1S/C26H25NO7S/c1-32-18-9-6-15(13-20(18)34-3)10-11-27-23(16-7-8-17(28)19(14-16)33-2)22(25(30)26(27)31)24(29)21-5-4-12-35-21/h4-9,12-14,23,28,30H,10-11H2,1-3H3/t23-/m0/s1. The van der Waals surface area contributed by atoms with Crippen LogP contribution in [0.5, 0.6) is 23.0 Å². The molecule has 2 N–H and O–H groups in total. The van der Waals surface area contributed by atoms with Crippen LogP contribution in [0.15, 0.2) is 65.2 Å². The summed E-state index contributed by atoms with van der Waals surface area (Å²) in [6.45, 7) is 0.216. The zero-order chi connectivity index (χ0) is 25.1. The van der Waals surface area contributed by atoms with E-state index < -0.39 is 23.5 Å². The Morgan fingerprint density at radius 3 is 2.37 bits per heavy atom. The Labute approximate surface area is 206 Å². The van der Waals surface area contributed by atoms with Crippen LogP contribution in [-0.4, -0.2) is 54.7 Å². The molecule has 1 aliphatic rings. The van der Waals surface area contributed by atoms with Crippen LogP contribution in [0.3, 0.4) is 0 Å². The normalized spacial score (nSPS) is 15.5. The van der Waals surface area contributed by atoms with Crippen molar-refractivity contribution in [3.8, 4) is 23.0 Å². The predicted molar refractivity (Wildman–Crippen MR) is 131 cm³/mol. The number of ether oxygens (including phenoxy) is 3. The monoisotopic (exact) mass is 495 g/mol. The van der Waals surface area contributed by atoms with Crippen molar-refractivity contribution in [3.05, 3.63) is 81.2 Å². The lowest BCUT2D eigenvalue weighted by Gasteiger charge is -2.27. The Balaban J connectivity index is 1.71. The number of phenols is 1. The summed E-state index contributed by atoms with van der Waals surface area (Å²) >= 11 is 1.23. The molecule has 0 bridgehead atoms. The van der Waals surface area contributed by atoms with Gasteiger partial charge in [-0.05, 0) is 53.3 Å². The number of aromatic hydroxyl groups is 1. The van der Waals surface area contributed by atoms with Gasteiger partial charge in [0.15, 0.2) is 28.8 Å². The van der Waals surface area contributed by atoms with Crippen LogP contribution >= 0.6 is 11.3 Å².